The Kier molecular flexibility index (Phi) is 4.29. The standard InChI is InChI=1S/C19H19FN4O/c20-14-5-3-4-13(10-14)17-11-24(8-9-25-17)12-18-22-16-7-2-1-6-15(16)19(21)23-18/h1-7,10,17H,8-9,11-12H2,(H2,21,22,23). The molecule has 1 fully saturated rings. The second-order valence-corrected chi connectivity index (χ2v) is 6.19. The van der Waals surface area contributed by atoms with Gasteiger partial charge in [0.15, 0.2) is 0 Å². The highest BCUT2D eigenvalue weighted by molar-refractivity contribution is 5.87. The van der Waals surface area contributed by atoms with E-state index in [1.807, 2.05) is 30.3 Å². The molecule has 0 bridgehead atoms. The Morgan fingerprint density at radius 2 is 2.04 bits per heavy atom. The van der Waals surface area contributed by atoms with Gasteiger partial charge in [0.25, 0.3) is 0 Å². The summed E-state index contributed by atoms with van der Waals surface area (Å²) >= 11 is 0. The number of nitrogens with two attached hydrogens (primary N) is 1. The van der Waals surface area contributed by atoms with Crippen LogP contribution in [0.5, 0.6) is 0 Å². The van der Waals surface area contributed by atoms with E-state index in [1.54, 1.807) is 6.07 Å². The number of nitrogens with zero attached hydrogens (tertiary/aromatic N) is 3. The Morgan fingerprint density at radius 3 is 2.92 bits per heavy atom. The molecule has 0 aliphatic carbocycles. The molecule has 3 aromatic rings. The maximum absolute atomic E-state index is 13.5. The molecule has 1 aliphatic heterocycles. The first-order valence-electron chi connectivity index (χ1n) is 8.29. The van der Waals surface area contributed by atoms with Crippen molar-refractivity contribution in [1.29, 1.82) is 0 Å². The zero-order valence-electron chi connectivity index (χ0n) is 13.7. The minimum absolute atomic E-state index is 0.151. The molecule has 0 amide bonds. The summed E-state index contributed by atoms with van der Waals surface area (Å²) in [5.74, 6) is 0.940. The number of para-hydroxylation sites is 1. The minimum atomic E-state index is -0.246. The molecule has 0 spiro atoms. The number of nitrogen functional groups attached to an aromatic ring is 1. The fraction of sp³-hybridized carbons (Fsp3) is 0.263. The number of fused-ring (bicyclic) bond motifs is 1. The minimum Gasteiger partial charge on any atom is -0.383 e. The van der Waals surface area contributed by atoms with Crippen molar-refractivity contribution in [3.8, 4) is 0 Å². The van der Waals surface area contributed by atoms with E-state index in [9.17, 15) is 4.39 Å². The van der Waals surface area contributed by atoms with Crippen molar-refractivity contribution >= 4 is 16.7 Å². The summed E-state index contributed by atoms with van der Waals surface area (Å²) in [6, 6.07) is 14.3. The molecule has 2 N–H and O–H groups in total. The van der Waals surface area contributed by atoms with Gasteiger partial charge < -0.3 is 10.5 Å². The summed E-state index contributed by atoms with van der Waals surface area (Å²) in [6.45, 7) is 2.62. The first-order valence-corrected chi connectivity index (χ1v) is 8.29. The van der Waals surface area contributed by atoms with Gasteiger partial charge in [0.2, 0.25) is 0 Å². The van der Waals surface area contributed by atoms with Crippen LogP contribution in [-0.4, -0.2) is 34.6 Å². The van der Waals surface area contributed by atoms with Gasteiger partial charge in [0.05, 0.1) is 24.8 Å². The van der Waals surface area contributed by atoms with E-state index in [0.717, 1.165) is 23.0 Å². The third-order valence-electron chi connectivity index (χ3n) is 4.42. The van der Waals surface area contributed by atoms with E-state index in [1.165, 1.54) is 12.1 Å². The van der Waals surface area contributed by atoms with Gasteiger partial charge >= 0.3 is 0 Å². The lowest BCUT2D eigenvalue weighted by Gasteiger charge is -2.32. The molecule has 6 heteroatoms. The molecule has 2 heterocycles. The SMILES string of the molecule is Nc1nc(CN2CCOC(c3cccc(F)c3)C2)nc2ccccc12. The van der Waals surface area contributed by atoms with Gasteiger partial charge in [-0.15, -0.1) is 0 Å². The van der Waals surface area contributed by atoms with Gasteiger partial charge in [0.1, 0.15) is 17.5 Å². The molecule has 1 aliphatic rings. The number of hydrogen-bond acceptors (Lipinski definition) is 5. The maximum atomic E-state index is 13.5. The number of rotatable bonds is 3. The van der Waals surface area contributed by atoms with Crippen LogP contribution in [0, 0.1) is 5.82 Å². The second kappa shape index (κ2) is 6.74. The average Bonchev–Trinajstić information content (AvgIpc) is 2.62. The molecule has 1 atom stereocenters. The molecule has 25 heavy (non-hydrogen) atoms. The van der Waals surface area contributed by atoms with Crippen LogP contribution in [0.1, 0.15) is 17.5 Å². The van der Waals surface area contributed by atoms with Crippen molar-refractivity contribution in [2.24, 2.45) is 0 Å². The van der Waals surface area contributed by atoms with E-state index in [0.29, 0.717) is 31.3 Å². The smallest absolute Gasteiger partial charge is 0.145 e. The van der Waals surface area contributed by atoms with Crippen LogP contribution in [-0.2, 0) is 11.3 Å². The molecule has 1 aromatic heterocycles. The highest BCUT2D eigenvalue weighted by Crippen LogP contribution is 2.24. The van der Waals surface area contributed by atoms with E-state index in [4.69, 9.17) is 10.5 Å². The number of halogens is 1. The molecule has 1 saturated heterocycles. The number of ether oxygens (including phenoxy) is 1. The maximum Gasteiger partial charge on any atom is 0.145 e. The molecule has 4 rings (SSSR count). The van der Waals surface area contributed by atoms with Crippen molar-refractivity contribution < 1.29 is 9.13 Å². The Labute approximate surface area is 145 Å². The predicted molar refractivity (Wildman–Crippen MR) is 94.3 cm³/mol. The summed E-state index contributed by atoms with van der Waals surface area (Å²) in [5, 5.41) is 0.867. The van der Waals surface area contributed by atoms with Crippen molar-refractivity contribution in [3.63, 3.8) is 0 Å². The second-order valence-electron chi connectivity index (χ2n) is 6.19. The van der Waals surface area contributed by atoms with Gasteiger partial charge in [0, 0.05) is 18.5 Å². The van der Waals surface area contributed by atoms with Crippen molar-refractivity contribution in [2.75, 3.05) is 25.4 Å². The molecule has 5 nitrogen and oxygen atoms in total. The Morgan fingerprint density at radius 1 is 1.16 bits per heavy atom. The zero-order chi connectivity index (χ0) is 17.2. The molecule has 0 saturated carbocycles. The number of aromatic nitrogens is 2. The van der Waals surface area contributed by atoms with Crippen LogP contribution in [0.4, 0.5) is 10.2 Å². The number of morpholine rings is 1. The summed E-state index contributed by atoms with van der Waals surface area (Å²) in [4.78, 5) is 11.3. The summed E-state index contributed by atoms with van der Waals surface area (Å²) in [7, 11) is 0. The van der Waals surface area contributed by atoms with Gasteiger partial charge in [-0.25, -0.2) is 14.4 Å². The molecule has 128 valence electrons. The number of anilines is 1. The lowest BCUT2D eigenvalue weighted by molar-refractivity contribution is -0.0337. The quantitative estimate of drug-likeness (QED) is 0.795. The Bertz CT molecular complexity index is 901. The van der Waals surface area contributed by atoms with Crippen LogP contribution in [0.2, 0.25) is 0 Å². The van der Waals surface area contributed by atoms with E-state index in [2.05, 4.69) is 14.9 Å². The van der Waals surface area contributed by atoms with Crippen LogP contribution in [0.25, 0.3) is 10.9 Å². The van der Waals surface area contributed by atoms with E-state index in [-0.39, 0.29) is 11.9 Å². The number of benzene rings is 2. The fourth-order valence-corrected chi connectivity index (χ4v) is 3.18. The highest BCUT2D eigenvalue weighted by atomic mass is 19.1. The Hall–Kier alpha value is -2.57. The van der Waals surface area contributed by atoms with Gasteiger partial charge in [-0.1, -0.05) is 24.3 Å². The first kappa shape index (κ1) is 15.9. The largest absolute Gasteiger partial charge is 0.383 e. The summed E-state index contributed by atoms with van der Waals surface area (Å²) < 4.78 is 19.3. The van der Waals surface area contributed by atoms with Crippen molar-refractivity contribution in [2.45, 2.75) is 12.6 Å². The Balaban J connectivity index is 1.52. The van der Waals surface area contributed by atoms with Gasteiger partial charge in [-0.2, -0.15) is 0 Å². The van der Waals surface area contributed by atoms with Gasteiger partial charge in [-0.3, -0.25) is 4.90 Å². The first-order chi connectivity index (χ1) is 12.2. The van der Waals surface area contributed by atoms with E-state index >= 15 is 0 Å². The van der Waals surface area contributed by atoms with Crippen LogP contribution in [0.15, 0.2) is 48.5 Å². The number of hydrogen-bond donors (Lipinski definition) is 1. The zero-order valence-corrected chi connectivity index (χ0v) is 13.7. The molecule has 2 aromatic carbocycles. The fourth-order valence-electron chi connectivity index (χ4n) is 3.18. The average molecular weight is 338 g/mol. The van der Waals surface area contributed by atoms with Crippen molar-refractivity contribution in [1.82, 2.24) is 14.9 Å². The topological polar surface area (TPSA) is 64.3 Å². The molecular formula is C19H19FN4O. The lowest BCUT2D eigenvalue weighted by Crippen LogP contribution is -2.38. The summed E-state index contributed by atoms with van der Waals surface area (Å²) in [5.41, 5.74) is 7.76. The van der Waals surface area contributed by atoms with Crippen LogP contribution in [0.3, 0.4) is 0 Å². The molecule has 1 unspecified atom stereocenters. The predicted octanol–water partition coefficient (Wildman–Crippen LogP) is 2.92. The van der Waals surface area contributed by atoms with Crippen LogP contribution < -0.4 is 5.73 Å². The third-order valence-corrected chi connectivity index (χ3v) is 4.42. The van der Waals surface area contributed by atoms with E-state index < -0.39 is 0 Å². The summed E-state index contributed by atoms with van der Waals surface area (Å²) in [6.07, 6.45) is -0.151. The molecular weight excluding hydrogens is 319 g/mol. The monoisotopic (exact) mass is 338 g/mol. The molecule has 0 radical (unpaired) electrons. The van der Waals surface area contributed by atoms with Gasteiger partial charge in [-0.05, 0) is 29.8 Å². The van der Waals surface area contributed by atoms with Crippen molar-refractivity contribution in [3.05, 3.63) is 65.7 Å². The van der Waals surface area contributed by atoms with Crippen LogP contribution >= 0.6 is 0 Å². The highest BCUT2D eigenvalue weighted by Gasteiger charge is 2.23. The third kappa shape index (κ3) is 3.45. The normalized spacial score (nSPS) is 18.5. The lowest BCUT2D eigenvalue weighted by atomic mass is 10.1.